The Bertz CT molecular complexity index is 946. The van der Waals surface area contributed by atoms with Crippen LogP contribution in [0.1, 0.15) is 17.4 Å². The normalized spacial score (nSPS) is 20.1. The highest BCUT2D eigenvalue weighted by molar-refractivity contribution is 7.09. The molecule has 29 heavy (non-hydrogen) atoms. The van der Waals surface area contributed by atoms with E-state index in [0.29, 0.717) is 24.5 Å². The van der Waals surface area contributed by atoms with Gasteiger partial charge in [0.05, 0.1) is 0 Å². The predicted molar refractivity (Wildman–Crippen MR) is 106 cm³/mol. The van der Waals surface area contributed by atoms with Crippen LogP contribution in [0.4, 0.5) is 4.79 Å². The van der Waals surface area contributed by atoms with Crippen molar-refractivity contribution in [3.8, 4) is 11.5 Å². The third-order valence-electron chi connectivity index (χ3n) is 4.92. The molecule has 0 spiro atoms. The topological polar surface area (TPSA) is 97.0 Å². The average molecular weight is 415 g/mol. The fourth-order valence-electron chi connectivity index (χ4n) is 3.45. The summed E-state index contributed by atoms with van der Waals surface area (Å²) in [5, 5.41) is 7.45. The molecule has 3 heterocycles. The van der Waals surface area contributed by atoms with Crippen molar-refractivity contribution in [3.05, 3.63) is 46.2 Å². The maximum Gasteiger partial charge on any atom is 0.325 e. The molecule has 4 amide bonds. The van der Waals surface area contributed by atoms with Gasteiger partial charge in [-0.1, -0.05) is 12.1 Å². The minimum absolute atomic E-state index is 0.168. The third kappa shape index (κ3) is 4.04. The van der Waals surface area contributed by atoms with Crippen molar-refractivity contribution in [2.45, 2.75) is 25.3 Å². The Balaban J connectivity index is 1.35. The maximum absolute atomic E-state index is 12.9. The lowest BCUT2D eigenvalue weighted by Crippen LogP contribution is -2.47. The summed E-state index contributed by atoms with van der Waals surface area (Å²) in [5.74, 6) is 0.484. The highest BCUT2D eigenvalue weighted by Crippen LogP contribution is 2.34. The van der Waals surface area contributed by atoms with E-state index >= 15 is 0 Å². The molecule has 152 valence electrons. The lowest BCUT2D eigenvalue weighted by molar-refractivity contribution is -0.134. The molecule has 2 N–H and O–H groups in total. The quantitative estimate of drug-likeness (QED) is 0.671. The fourth-order valence-corrected chi connectivity index (χ4v) is 4.16. The number of fused-ring (bicyclic) bond motifs is 1. The van der Waals surface area contributed by atoms with Crippen LogP contribution in [-0.4, -0.2) is 48.2 Å². The van der Waals surface area contributed by atoms with E-state index in [4.69, 9.17) is 9.47 Å². The molecule has 0 unspecified atom stereocenters. The van der Waals surface area contributed by atoms with Gasteiger partial charge in [-0.2, -0.15) is 0 Å². The zero-order valence-electron chi connectivity index (χ0n) is 15.9. The average Bonchev–Trinajstić information content (AvgIpc) is 3.40. The van der Waals surface area contributed by atoms with Crippen molar-refractivity contribution < 1.29 is 23.9 Å². The summed E-state index contributed by atoms with van der Waals surface area (Å²) in [5.41, 5.74) is -0.296. The first-order chi connectivity index (χ1) is 13.9. The third-order valence-corrected chi connectivity index (χ3v) is 5.85. The number of benzene rings is 1. The van der Waals surface area contributed by atoms with E-state index in [1.165, 1.54) is 0 Å². The summed E-state index contributed by atoms with van der Waals surface area (Å²) < 4.78 is 10.7. The van der Waals surface area contributed by atoms with Gasteiger partial charge >= 0.3 is 6.03 Å². The Labute approximate surface area is 171 Å². The van der Waals surface area contributed by atoms with E-state index in [2.05, 4.69) is 10.6 Å². The Hall–Kier alpha value is -3.07. The molecule has 4 rings (SSSR count). The van der Waals surface area contributed by atoms with Gasteiger partial charge in [-0.25, -0.2) is 4.79 Å². The van der Waals surface area contributed by atoms with Crippen LogP contribution in [-0.2, 0) is 22.4 Å². The van der Waals surface area contributed by atoms with Crippen molar-refractivity contribution in [2.24, 2.45) is 0 Å². The molecule has 8 nitrogen and oxygen atoms in total. The first kappa shape index (κ1) is 19.3. The van der Waals surface area contributed by atoms with Crippen LogP contribution in [0.5, 0.6) is 11.5 Å². The van der Waals surface area contributed by atoms with Gasteiger partial charge in [0.1, 0.15) is 12.1 Å². The molecular formula is C20H21N3O5S. The molecule has 1 aromatic heterocycles. The molecule has 1 saturated heterocycles. The molecule has 2 aliphatic rings. The second-order valence-electron chi connectivity index (χ2n) is 7.20. The van der Waals surface area contributed by atoms with Crippen LogP contribution in [0.2, 0.25) is 0 Å². The van der Waals surface area contributed by atoms with Crippen LogP contribution >= 0.6 is 11.3 Å². The number of urea groups is 1. The monoisotopic (exact) mass is 415 g/mol. The molecule has 0 saturated carbocycles. The minimum Gasteiger partial charge on any atom is -0.454 e. The fraction of sp³-hybridized carbons (Fsp3) is 0.350. The molecule has 0 aliphatic carbocycles. The van der Waals surface area contributed by atoms with E-state index in [0.717, 1.165) is 15.3 Å². The van der Waals surface area contributed by atoms with Crippen LogP contribution in [0.15, 0.2) is 35.7 Å². The van der Waals surface area contributed by atoms with Crippen molar-refractivity contribution in [2.75, 3.05) is 19.9 Å². The van der Waals surface area contributed by atoms with Crippen LogP contribution in [0.3, 0.4) is 0 Å². The standard InChI is InChI=1S/C20H21N3O5S/c1-20(10-13-4-5-15-16(9-13)28-12-27-15)18(25)23(19(26)22-20)11-17(24)21-7-6-14-3-2-8-29-14/h2-5,8-9H,6-7,10-12H2,1H3,(H,21,24)(H,22,26)/t20-/m0/s1. The van der Waals surface area contributed by atoms with E-state index in [1.807, 2.05) is 23.6 Å². The summed E-state index contributed by atoms with van der Waals surface area (Å²) in [7, 11) is 0. The molecule has 1 fully saturated rings. The number of hydrogen-bond donors (Lipinski definition) is 2. The molecule has 2 aromatic rings. The second kappa shape index (κ2) is 7.75. The number of imide groups is 1. The second-order valence-corrected chi connectivity index (χ2v) is 8.23. The van der Waals surface area contributed by atoms with Crippen LogP contribution < -0.4 is 20.1 Å². The summed E-state index contributed by atoms with van der Waals surface area (Å²) in [4.78, 5) is 39.6. The number of nitrogens with one attached hydrogen (secondary N) is 2. The smallest absolute Gasteiger partial charge is 0.325 e. The molecule has 0 bridgehead atoms. The first-order valence-electron chi connectivity index (χ1n) is 9.26. The Morgan fingerprint density at radius 3 is 2.90 bits per heavy atom. The lowest BCUT2D eigenvalue weighted by Gasteiger charge is -2.21. The highest BCUT2D eigenvalue weighted by atomic mass is 32.1. The first-order valence-corrected chi connectivity index (χ1v) is 10.1. The number of amides is 4. The van der Waals surface area contributed by atoms with Gasteiger partial charge in [0, 0.05) is 17.8 Å². The van der Waals surface area contributed by atoms with Gasteiger partial charge < -0.3 is 20.1 Å². The van der Waals surface area contributed by atoms with Crippen LogP contribution in [0, 0.1) is 0 Å². The predicted octanol–water partition coefficient (Wildman–Crippen LogP) is 1.69. The number of hydrogen-bond acceptors (Lipinski definition) is 6. The minimum atomic E-state index is -1.12. The van der Waals surface area contributed by atoms with E-state index in [9.17, 15) is 14.4 Å². The molecule has 1 aromatic carbocycles. The van der Waals surface area contributed by atoms with Gasteiger partial charge in [0.25, 0.3) is 5.91 Å². The lowest BCUT2D eigenvalue weighted by atomic mass is 9.92. The SMILES string of the molecule is C[C@@]1(Cc2ccc3c(c2)OCO3)NC(=O)N(CC(=O)NCCc2cccs2)C1=O. The Morgan fingerprint density at radius 1 is 1.28 bits per heavy atom. The molecule has 0 radical (unpaired) electrons. The van der Waals surface area contributed by atoms with Gasteiger partial charge in [-0.05, 0) is 42.5 Å². The van der Waals surface area contributed by atoms with Gasteiger partial charge in [-0.3, -0.25) is 14.5 Å². The molecule has 9 heteroatoms. The number of carbonyl (C=O) groups is 3. The number of carbonyl (C=O) groups excluding carboxylic acids is 3. The van der Waals surface area contributed by atoms with Crippen molar-refractivity contribution in [1.29, 1.82) is 0 Å². The maximum atomic E-state index is 12.9. The van der Waals surface area contributed by atoms with E-state index in [1.54, 1.807) is 30.4 Å². The van der Waals surface area contributed by atoms with Crippen molar-refractivity contribution >= 4 is 29.2 Å². The van der Waals surface area contributed by atoms with Crippen molar-refractivity contribution in [1.82, 2.24) is 15.5 Å². The zero-order chi connectivity index (χ0) is 20.4. The largest absolute Gasteiger partial charge is 0.454 e. The number of ether oxygens (including phenoxy) is 2. The number of rotatable bonds is 7. The van der Waals surface area contributed by atoms with E-state index in [-0.39, 0.29) is 25.7 Å². The van der Waals surface area contributed by atoms with Gasteiger partial charge in [-0.15, -0.1) is 11.3 Å². The van der Waals surface area contributed by atoms with Gasteiger partial charge in [0.15, 0.2) is 11.5 Å². The molecule has 2 aliphatic heterocycles. The van der Waals surface area contributed by atoms with E-state index < -0.39 is 17.5 Å². The summed E-state index contributed by atoms with van der Waals surface area (Å²) in [6.07, 6.45) is 0.996. The Morgan fingerprint density at radius 2 is 2.10 bits per heavy atom. The number of nitrogens with zero attached hydrogens (tertiary/aromatic N) is 1. The summed E-state index contributed by atoms with van der Waals surface area (Å²) in [6, 6.07) is 8.80. The number of thiophene rings is 1. The molecule has 1 atom stereocenters. The Kier molecular flexibility index (Phi) is 5.14. The van der Waals surface area contributed by atoms with Gasteiger partial charge in [0.2, 0.25) is 12.7 Å². The molecular weight excluding hydrogens is 394 g/mol. The summed E-state index contributed by atoms with van der Waals surface area (Å²) >= 11 is 1.62. The van der Waals surface area contributed by atoms with Crippen LogP contribution in [0.25, 0.3) is 0 Å². The highest BCUT2D eigenvalue weighted by Gasteiger charge is 2.48. The zero-order valence-corrected chi connectivity index (χ0v) is 16.7. The summed E-state index contributed by atoms with van der Waals surface area (Å²) in [6.45, 7) is 1.98. The van der Waals surface area contributed by atoms with Crippen molar-refractivity contribution in [3.63, 3.8) is 0 Å².